The van der Waals surface area contributed by atoms with Crippen molar-refractivity contribution in [3.63, 3.8) is 0 Å². The molecule has 31 heavy (non-hydrogen) atoms. The number of benzene rings is 2. The van der Waals surface area contributed by atoms with Crippen molar-refractivity contribution in [3.8, 4) is 22.1 Å². The molecule has 0 bridgehead atoms. The topological polar surface area (TPSA) is 60.5 Å². The molecule has 0 saturated heterocycles. The van der Waals surface area contributed by atoms with Gasteiger partial charge in [0.15, 0.2) is 11.5 Å². The van der Waals surface area contributed by atoms with Crippen LogP contribution in [0.5, 0.6) is 11.5 Å². The molecule has 164 valence electrons. The first-order valence-electron chi connectivity index (χ1n) is 9.86. The van der Waals surface area contributed by atoms with Crippen molar-refractivity contribution in [2.45, 2.75) is 26.9 Å². The van der Waals surface area contributed by atoms with Crippen molar-refractivity contribution in [3.05, 3.63) is 64.7 Å². The molecule has 8 heteroatoms. The summed E-state index contributed by atoms with van der Waals surface area (Å²) >= 11 is 1.36. The number of hydrogen-bond acceptors (Lipinski definition) is 5. The summed E-state index contributed by atoms with van der Waals surface area (Å²) < 4.78 is 37.9. The normalized spacial score (nSPS) is 10.9. The van der Waals surface area contributed by atoms with E-state index in [0.717, 1.165) is 18.1 Å². The smallest absolute Gasteiger partial charge is 0.270 e. The largest absolute Gasteiger partial charge is 0.493 e. The maximum absolute atomic E-state index is 13.8. The Morgan fingerprint density at radius 1 is 1.16 bits per heavy atom. The lowest BCUT2D eigenvalue weighted by Gasteiger charge is -2.12. The molecule has 0 saturated carbocycles. The Kier molecular flexibility index (Phi) is 7.57. The van der Waals surface area contributed by atoms with Gasteiger partial charge in [-0.05, 0) is 42.7 Å². The van der Waals surface area contributed by atoms with Gasteiger partial charge in [-0.2, -0.15) is 0 Å². The number of thiazole rings is 1. The van der Waals surface area contributed by atoms with Crippen LogP contribution in [0.2, 0.25) is 0 Å². The summed E-state index contributed by atoms with van der Waals surface area (Å²) in [6.45, 7) is 4.74. The number of nitrogens with one attached hydrogen (secondary N) is 1. The van der Waals surface area contributed by atoms with Crippen molar-refractivity contribution in [1.82, 2.24) is 10.3 Å². The average Bonchev–Trinajstić information content (AvgIpc) is 3.23. The van der Waals surface area contributed by atoms with E-state index in [1.807, 2.05) is 0 Å². The number of methoxy groups -OCH3 is 1. The van der Waals surface area contributed by atoms with Crippen molar-refractivity contribution < 1.29 is 23.0 Å². The quantitative estimate of drug-likeness (QED) is 0.475. The van der Waals surface area contributed by atoms with Crippen molar-refractivity contribution in [1.29, 1.82) is 0 Å². The first kappa shape index (κ1) is 22.7. The summed E-state index contributed by atoms with van der Waals surface area (Å²) in [6, 6.07) is 8.57. The van der Waals surface area contributed by atoms with Crippen LogP contribution >= 0.6 is 11.3 Å². The fourth-order valence-corrected chi connectivity index (χ4v) is 3.59. The average molecular weight is 447 g/mol. The number of amides is 1. The Labute approximate surface area is 184 Å². The molecule has 0 atom stereocenters. The summed E-state index contributed by atoms with van der Waals surface area (Å²) in [7, 11) is 1.50. The van der Waals surface area contributed by atoms with Gasteiger partial charge >= 0.3 is 0 Å². The van der Waals surface area contributed by atoms with Crippen molar-refractivity contribution >= 4 is 17.2 Å². The highest BCUT2D eigenvalue weighted by Gasteiger charge is 2.14. The van der Waals surface area contributed by atoms with Gasteiger partial charge in [0.25, 0.3) is 5.91 Å². The second-order valence-electron chi connectivity index (χ2n) is 7.37. The van der Waals surface area contributed by atoms with Crippen LogP contribution in [-0.4, -0.2) is 24.5 Å². The van der Waals surface area contributed by atoms with Gasteiger partial charge in [-0.25, -0.2) is 13.8 Å². The molecule has 3 aromatic rings. The van der Waals surface area contributed by atoms with E-state index in [1.54, 1.807) is 23.6 Å². The van der Waals surface area contributed by atoms with Gasteiger partial charge in [0.05, 0.1) is 7.11 Å². The van der Waals surface area contributed by atoms with Crippen LogP contribution in [0.4, 0.5) is 8.78 Å². The Hall–Kier alpha value is -3.00. The zero-order chi connectivity index (χ0) is 22.4. The van der Waals surface area contributed by atoms with E-state index < -0.39 is 11.6 Å². The van der Waals surface area contributed by atoms with Crippen LogP contribution in [0, 0.1) is 17.6 Å². The summed E-state index contributed by atoms with van der Waals surface area (Å²) in [5.74, 6) is -0.135. The van der Waals surface area contributed by atoms with Gasteiger partial charge in [-0.15, -0.1) is 11.3 Å². The zero-order valence-electron chi connectivity index (χ0n) is 17.6. The van der Waals surface area contributed by atoms with E-state index >= 15 is 0 Å². The minimum Gasteiger partial charge on any atom is -0.493 e. The van der Waals surface area contributed by atoms with Gasteiger partial charge in [-0.1, -0.05) is 13.8 Å². The number of carbonyl (C=O) groups excluding carboxylic acids is 1. The highest BCUT2D eigenvalue weighted by Crippen LogP contribution is 2.34. The van der Waals surface area contributed by atoms with Gasteiger partial charge in [-0.3, -0.25) is 4.79 Å². The maximum Gasteiger partial charge on any atom is 0.270 e. The first-order chi connectivity index (χ1) is 14.9. The minimum atomic E-state index is -0.669. The second-order valence-corrected chi connectivity index (χ2v) is 8.22. The summed E-state index contributed by atoms with van der Waals surface area (Å²) in [4.78, 5) is 16.7. The molecular weight excluding hydrogens is 422 g/mol. The van der Waals surface area contributed by atoms with E-state index in [-0.39, 0.29) is 18.1 Å². The molecule has 0 radical (unpaired) electrons. The van der Waals surface area contributed by atoms with Crippen LogP contribution in [-0.2, 0) is 6.61 Å². The molecule has 1 heterocycles. The molecule has 0 aliphatic rings. The van der Waals surface area contributed by atoms with Gasteiger partial charge in [0.1, 0.15) is 28.9 Å². The first-order valence-corrected chi connectivity index (χ1v) is 10.7. The number of rotatable bonds is 9. The summed E-state index contributed by atoms with van der Waals surface area (Å²) in [5, 5.41) is 5.26. The van der Waals surface area contributed by atoms with Crippen LogP contribution < -0.4 is 14.8 Å². The molecule has 5 nitrogen and oxygen atoms in total. The third-order valence-electron chi connectivity index (χ3n) is 4.55. The maximum atomic E-state index is 13.8. The summed E-state index contributed by atoms with van der Waals surface area (Å²) in [6.07, 6.45) is 0.906. The number of ether oxygens (including phenoxy) is 2. The Morgan fingerprint density at radius 2 is 1.97 bits per heavy atom. The minimum absolute atomic E-state index is 0.0697. The fourth-order valence-electron chi connectivity index (χ4n) is 2.79. The number of nitrogens with zero attached hydrogens (tertiary/aromatic N) is 1. The number of halogens is 2. The molecule has 1 amide bonds. The molecule has 1 aromatic heterocycles. The monoisotopic (exact) mass is 446 g/mol. The van der Waals surface area contributed by atoms with Crippen molar-refractivity contribution in [2.24, 2.45) is 5.92 Å². The predicted molar refractivity (Wildman–Crippen MR) is 117 cm³/mol. The van der Waals surface area contributed by atoms with Crippen LogP contribution in [0.1, 0.15) is 36.3 Å². The lowest BCUT2D eigenvalue weighted by atomic mass is 10.1. The molecule has 1 N–H and O–H groups in total. The Bertz CT molecular complexity index is 1050. The van der Waals surface area contributed by atoms with Crippen LogP contribution in [0.25, 0.3) is 10.6 Å². The van der Waals surface area contributed by atoms with Gasteiger partial charge < -0.3 is 14.8 Å². The lowest BCUT2D eigenvalue weighted by Crippen LogP contribution is -2.25. The van der Waals surface area contributed by atoms with E-state index in [0.29, 0.717) is 34.7 Å². The molecule has 2 aromatic carbocycles. The molecular formula is C23H24F2N2O3S. The fraction of sp³-hybridized carbons (Fsp3) is 0.304. The highest BCUT2D eigenvalue weighted by molar-refractivity contribution is 7.13. The highest BCUT2D eigenvalue weighted by atomic mass is 32.1. The van der Waals surface area contributed by atoms with E-state index in [4.69, 9.17) is 9.47 Å². The van der Waals surface area contributed by atoms with Crippen LogP contribution in [0.15, 0.2) is 41.8 Å². The Balaban J connectivity index is 1.69. The third kappa shape index (κ3) is 6.01. The number of aromatic nitrogens is 1. The molecule has 3 rings (SSSR count). The molecule has 0 fully saturated rings. The predicted octanol–water partition coefficient (Wildman–Crippen LogP) is 5.45. The lowest BCUT2D eigenvalue weighted by molar-refractivity contribution is 0.0948. The molecule has 0 aliphatic heterocycles. The molecule has 0 aliphatic carbocycles. The standard InChI is InChI=1S/C23H24F2N2O3S/c1-14(2)8-9-26-22(28)19-13-31-23(27-19)15-5-7-20(21(10-15)29-3)30-12-16-4-6-17(24)11-18(16)25/h4-7,10-11,13-14H,8-9,12H2,1-3H3,(H,26,28). The van der Waals surface area contributed by atoms with E-state index in [9.17, 15) is 13.6 Å². The van der Waals surface area contributed by atoms with Gasteiger partial charge in [0.2, 0.25) is 0 Å². The Morgan fingerprint density at radius 3 is 2.68 bits per heavy atom. The zero-order valence-corrected chi connectivity index (χ0v) is 18.4. The molecule has 0 spiro atoms. The van der Waals surface area contributed by atoms with E-state index in [2.05, 4.69) is 24.1 Å². The second kappa shape index (κ2) is 10.3. The van der Waals surface area contributed by atoms with Crippen molar-refractivity contribution in [2.75, 3.05) is 13.7 Å². The third-order valence-corrected chi connectivity index (χ3v) is 5.44. The number of hydrogen-bond donors (Lipinski definition) is 1. The van der Waals surface area contributed by atoms with Gasteiger partial charge in [0, 0.05) is 29.1 Å². The van der Waals surface area contributed by atoms with E-state index in [1.165, 1.54) is 30.6 Å². The summed E-state index contributed by atoms with van der Waals surface area (Å²) in [5.41, 5.74) is 1.37. The number of carbonyl (C=O) groups is 1. The molecule has 0 unspecified atom stereocenters. The van der Waals surface area contributed by atoms with Crippen LogP contribution in [0.3, 0.4) is 0 Å². The SMILES string of the molecule is COc1cc(-c2nc(C(=O)NCCC(C)C)cs2)ccc1OCc1ccc(F)cc1F.